The van der Waals surface area contributed by atoms with E-state index in [-0.39, 0.29) is 0 Å². The van der Waals surface area contributed by atoms with Crippen molar-refractivity contribution in [1.29, 1.82) is 0 Å². The van der Waals surface area contributed by atoms with Gasteiger partial charge in [0.2, 0.25) is 0 Å². The summed E-state index contributed by atoms with van der Waals surface area (Å²) < 4.78 is 6.11. The molecule has 94 valence electrons. The topological polar surface area (TPSA) is 46.5 Å². The zero-order valence-corrected chi connectivity index (χ0v) is 11.7. The number of aliphatic carboxylic acids is 1. The van der Waals surface area contributed by atoms with Gasteiger partial charge in [-0.25, -0.2) is 0 Å². The second-order valence-corrected chi connectivity index (χ2v) is 4.92. The van der Waals surface area contributed by atoms with Gasteiger partial charge in [0.05, 0.1) is 17.5 Å². The Morgan fingerprint density at radius 1 is 1.33 bits per heavy atom. The molecule has 0 bridgehead atoms. The van der Waals surface area contributed by atoms with Gasteiger partial charge in [0.25, 0.3) is 0 Å². The van der Waals surface area contributed by atoms with Gasteiger partial charge in [0.1, 0.15) is 5.75 Å². The Morgan fingerprint density at radius 2 is 2.06 bits per heavy atom. The fourth-order valence-electron chi connectivity index (χ4n) is 1.86. The molecule has 0 amide bonds. The molecule has 1 atom stereocenters. The molecule has 0 saturated heterocycles. The van der Waals surface area contributed by atoms with Crippen LogP contribution in [-0.4, -0.2) is 18.2 Å². The van der Waals surface area contributed by atoms with E-state index < -0.39 is 11.9 Å². The summed E-state index contributed by atoms with van der Waals surface area (Å²) in [5.41, 5.74) is 0.798. The summed E-state index contributed by atoms with van der Waals surface area (Å²) in [6.07, 6.45) is 0. The minimum absolute atomic E-state index is 0.504. The number of rotatable bonds is 3. The van der Waals surface area contributed by atoms with Gasteiger partial charge in [-0.3, -0.25) is 4.79 Å². The molecule has 0 heterocycles. The molecule has 0 aliphatic rings. The van der Waals surface area contributed by atoms with Crippen molar-refractivity contribution >= 4 is 32.7 Å². The Bertz CT molecular complexity index is 607. The highest BCUT2D eigenvalue weighted by atomic mass is 79.9. The van der Waals surface area contributed by atoms with Crippen LogP contribution in [0.4, 0.5) is 0 Å². The summed E-state index contributed by atoms with van der Waals surface area (Å²) in [5.74, 6) is -0.557. The second kappa shape index (κ2) is 4.98. The van der Waals surface area contributed by atoms with Crippen molar-refractivity contribution in [1.82, 2.24) is 0 Å². The number of carbonyl (C=O) groups is 1. The SMILES string of the molecule is COc1ccc2cc([C@H](C)C(=O)O)ccc2c1Br. The van der Waals surface area contributed by atoms with Crippen LogP contribution >= 0.6 is 15.9 Å². The van der Waals surface area contributed by atoms with Crippen LogP contribution in [-0.2, 0) is 4.79 Å². The number of carboxylic acid groups (broad SMARTS) is 1. The third kappa shape index (κ3) is 2.20. The molecule has 18 heavy (non-hydrogen) atoms. The van der Waals surface area contributed by atoms with Crippen molar-refractivity contribution in [2.45, 2.75) is 12.8 Å². The van der Waals surface area contributed by atoms with Crippen LogP contribution in [0.15, 0.2) is 34.8 Å². The smallest absolute Gasteiger partial charge is 0.310 e. The molecule has 4 heteroatoms. The zero-order chi connectivity index (χ0) is 13.3. The predicted molar refractivity (Wildman–Crippen MR) is 74.3 cm³/mol. The maximum absolute atomic E-state index is 11.0. The molecule has 0 aliphatic heterocycles. The van der Waals surface area contributed by atoms with Crippen molar-refractivity contribution in [3.63, 3.8) is 0 Å². The van der Waals surface area contributed by atoms with Crippen LogP contribution in [0.2, 0.25) is 0 Å². The molecule has 2 rings (SSSR count). The van der Waals surface area contributed by atoms with E-state index >= 15 is 0 Å². The van der Waals surface area contributed by atoms with Gasteiger partial charge < -0.3 is 9.84 Å². The predicted octanol–water partition coefficient (Wildman–Crippen LogP) is 3.80. The van der Waals surface area contributed by atoms with Crippen LogP contribution in [0.25, 0.3) is 10.8 Å². The number of halogens is 1. The first-order valence-corrected chi connectivity index (χ1v) is 6.33. The van der Waals surface area contributed by atoms with Gasteiger partial charge in [-0.2, -0.15) is 0 Å². The lowest BCUT2D eigenvalue weighted by atomic mass is 9.98. The fourth-order valence-corrected chi connectivity index (χ4v) is 2.52. The fraction of sp³-hybridized carbons (Fsp3) is 0.214. The summed E-state index contributed by atoms with van der Waals surface area (Å²) in [4.78, 5) is 11.0. The molecule has 0 fully saturated rings. The number of hydrogen-bond acceptors (Lipinski definition) is 2. The van der Waals surface area contributed by atoms with E-state index in [2.05, 4.69) is 15.9 Å². The lowest BCUT2D eigenvalue weighted by Gasteiger charge is -2.10. The molecule has 0 unspecified atom stereocenters. The van der Waals surface area contributed by atoms with Crippen LogP contribution in [0.1, 0.15) is 18.4 Å². The van der Waals surface area contributed by atoms with Crippen LogP contribution in [0.3, 0.4) is 0 Å². The lowest BCUT2D eigenvalue weighted by Crippen LogP contribution is -2.07. The number of methoxy groups -OCH3 is 1. The lowest BCUT2D eigenvalue weighted by molar-refractivity contribution is -0.138. The monoisotopic (exact) mass is 308 g/mol. The molecule has 0 radical (unpaired) electrons. The van der Waals surface area contributed by atoms with E-state index in [0.29, 0.717) is 0 Å². The largest absolute Gasteiger partial charge is 0.496 e. The van der Waals surface area contributed by atoms with E-state index in [9.17, 15) is 4.79 Å². The van der Waals surface area contributed by atoms with Crippen LogP contribution in [0, 0.1) is 0 Å². The van der Waals surface area contributed by atoms with Crippen molar-refractivity contribution in [3.8, 4) is 5.75 Å². The van der Waals surface area contributed by atoms with E-state index in [1.807, 2.05) is 30.3 Å². The number of hydrogen-bond donors (Lipinski definition) is 1. The molecule has 3 nitrogen and oxygen atoms in total. The quantitative estimate of drug-likeness (QED) is 0.938. The van der Waals surface area contributed by atoms with Gasteiger partial charge in [-0.05, 0) is 45.3 Å². The average molecular weight is 309 g/mol. The zero-order valence-electron chi connectivity index (χ0n) is 10.1. The maximum Gasteiger partial charge on any atom is 0.310 e. The molecular formula is C14H13BrO3. The highest BCUT2D eigenvalue weighted by molar-refractivity contribution is 9.10. The van der Waals surface area contributed by atoms with Gasteiger partial charge in [-0.1, -0.05) is 24.3 Å². The summed E-state index contributed by atoms with van der Waals surface area (Å²) in [7, 11) is 1.62. The third-order valence-electron chi connectivity index (χ3n) is 3.03. The molecule has 2 aromatic rings. The average Bonchev–Trinajstić information content (AvgIpc) is 2.37. The van der Waals surface area contributed by atoms with Crippen LogP contribution in [0.5, 0.6) is 5.75 Å². The van der Waals surface area contributed by atoms with E-state index in [4.69, 9.17) is 9.84 Å². The Balaban J connectivity index is 2.57. The van der Waals surface area contributed by atoms with Gasteiger partial charge in [0.15, 0.2) is 0 Å². The van der Waals surface area contributed by atoms with Crippen molar-refractivity contribution in [2.24, 2.45) is 0 Å². The minimum atomic E-state index is -0.818. The van der Waals surface area contributed by atoms with Gasteiger partial charge >= 0.3 is 5.97 Å². The molecule has 0 saturated carbocycles. The first-order valence-electron chi connectivity index (χ1n) is 5.53. The number of benzene rings is 2. The number of ether oxygens (including phenoxy) is 1. The summed E-state index contributed by atoms with van der Waals surface area (Å²) in [5, 5.41) is 11.0. The van der Waals surface area contributed by atoms with Crippen LogP contribution < -0.4 is 4.74 Å². The molecule has 1 N–H and O–H groups in total. The minimum Gasteiger partial charge on any atom is -0.496 e. The summed E-state index contributed by atoms with van der Waals surface area (Å²) in [6, 6.07) is 9.44. The summed E-state index contributed by atoms with van der Waals surface area (Å²) >= 11 is 3.49. The Morgan fingerprint density at radius 3 is 2.67 bits per heavy atom. The number of fused-ring (bicyclic) bond motifs is 1. The standard InChI is InChI=1S/C14H13BrO3/c1-8(14(16)17)9-3-5-11-10(7-9)4-6-12(18-2)13(11)15/h3-8H,1-2H3,(H,16,17)/t8-/m0/s1. The highest BCUT2D eigenvalue weighted by Gasteiger charge is 2.14. The van der Waals surface area contributed by atoms with Gasteiger partial charge in [0, 0.05) is 0 Å². The first-order chi connectivity index (χ1) is 8.54. The van der Waals surface area contributed by atoms with E-state index in [0.717, 1.165) is 26.6 Å². The molecular weight excluding hydrogens is 296 g/mol. The molecule has 0 aromatic heterocycles. The van der Waals surface area contributed by atoms with E-state index in [1.165, 1.54) is 0 Å². The van der Waals surface area contributed by atoms with Crippen molar-refractivity contribution in [2.75, 3.05) is 7.11 Å². The van der Waals surface area contributed by atoms with Crippen molar-refractivity contribution in [3.05, 3.63) is 40.4 Å². The molecule has 0 aliphatic carbocycles. The Kier molecular flexibility index (Phi) is 3.57. The van der Waals surface area contributed by atoms with Crippen molar-refractivity contribution < 1.29 is 14.6 Å². The Hall–Kier alpha value is -1.55. The summed E-state index contributed by atoms with van der Waals surface area (Å²) in [6.45, 7) is 1.68. The second-order valence-electron chi connectivity index (χ2n) is 4.12. The highest BCUT2D eigenvalue weighted by Crippen LogP contribution is 2.34. The first kappa shape index (κ1) is 12.9. The van der Waals surface area contributed by atoms with E-state index in [1.54, 1.807) is 14.0 Å². The molecule has 2 aromatic carbocycles. The number of carboxylic acids is 1. The molecule has 0 spiro atoms. The normalized spacial score (nSPS) is 12.4. The Labute approximate surface area is 114 Å². The van der Waals surface area contributed by atoms with Gasteiger partial charge in [-0.15, -0.1) is 0 Å². The third-order valence-corrected chi connectivity index (χ3v) is 3.85. The maximum atomic E-state index is 11.0.